The summed E-state index contributed by atoms with van der Waals surface area (Å²) in [6.45, 7) is 3.52. The molecule has 4 rings (SSSR count). The molecule has 2 aliphatic heterocycles. The van der Waals surface area contributed by atoms with Gasteiger partial charge < -0.3 is 18.9 Å². The number of carbonyl (C=O) groups excluding carboxylic acids is 1. The number of benzene rings is 1. The first-order valence-corrected chi connectivity index (χ1v) is 10.6. The van der Waals surface area contributed by atoms with Crippen molar-refractivity contribution in [3.63, 3.8) is 0 Å². The zero-order valence-electron chi connectivity index (χ0n) is 17.7. The Balaban J connectivity index is 1.27. The van der Waals surface area contributed by atoms with Gasteiger partial charge in [0.1, 0.15) is 42.6 Å². The largest absolute Gasteiger partial charge is 0.491 e. The van der Waals surface area contributed by atoms with Crippen LogP contribution < -0.4 is 4.74 Å². The second-order valence-electron chi connectivity index (χ2n) is 8.21. The van der Waals surface area contributed by atoms with Gasteiger partial charge in [0, 0.05) is 38.9 Å². The fourth-order valence-electron chi connectivity index (χ4n) is 4.30. The number of aromatic nitrogens is 1. The van der Waals surface area contributed by atoms with E-state index in [-0.39, 0.29) is 30.5 Å². The van der Waals surface area contributed by atoms with Crippen molar-refractivity contribution >= 4 is 5.91 Å². The molecule has 31 heavy (non-hydrogen) atoms. The van der Waals surface area contributed by atoms with Crippen LogP contribution >= 0.6 is 0 Å². The molecule has 0 N–H and O–H groups in total. The van der Waals surface area contributed by atoms with Gasteiger partial charge in [-0.25, -0.2) is 4.39 Å². The van der Waals surface area contributed by atoms with Gasteiger partial charge in [-0.05, 0) is 48.7 Å². The molecule has 0 unspecified atom stereocenters. The van der Waals surface area contributed by atoms with E-state index in [1.165, 1.54) is 12.1 Å². The van der Waals surface area contributed by atoms with Crippen LogP contribution in [0.1, 0.15) is 24.1 Å². The number of amides is 1. The normalized spacial score (nSPS) is 20.6. The molecule has 0 saturated carbocycles. The fourth-order valence-corrected chi connectivity index (χ4v) is 4.30. The van der Waals surface area contributed by atoms with E-state index in [1.807, 2.05) is 28.8 Å². The Morgan fingerprint density at radius 2 is 2.00 bits per heavy atom. The number of likely N-dealkylation sites (tertiary alicyclic amines) is 1. The molecule has 1 aromatic heterocycles. The minimum absolute atomic E-state index is 0.0261. The molecule has 2 aliphatic rings. The molecular weight excluding hydrogens is 399 g/mol. The highest BCUT2D eigenvalue weighted by molar-refractivity contribution is 5.78. The lowest BCUT2D eigenvalue weighted by molar-refractivity contribution is -0.155. The van der Waals surface area contributed by atoms with E-state index in [4.69, 9.17) is 14.7 Å². The summed E-state index contributed by atoms with van der Waals surface area (Å²) < 4.78 is 26.2. The quantitative estimate of drug-likeness (QED) is 0.709. The topological polar surface area (TPSA) is 70.7 Å². The standard InChI is InChI=1S/C23H27FN4O3/c1-26-12-17(10-20(26)11-25)13-27-8-6-19(7-9-27)28-14-22(31-16-23(28)29)15-30-21-4-2-18(24)3-5-21/h2-5,10,12,19,22H,6-9,13-16H2,1H3/t22-/m0/s1. The number of carbonyl (C=O) groups is 1. The highest BCUT2D eigenvalue weighted by Gasteiger charge is 2.33. The molecule has 1 amide bonds. The Hall–Kier alpha value is -2.89. The third kappa shape index (κ3) is 5.24. The van der Waals surface area contributed by atoms with Gasteiger partial charge in [0.25, 0.3) is 0 Å². The fraction of sp³-hybridized carbons (Fsp3) is 0.478. The van der Waals surface area contributed by atoms with Crippen LogP contribution in [0.15, 0.2) is 36.5 Å². The molecule has 3 heterocycles. The number of ether oxygens (including phenoxy) is 2. The zero-order valence-corrected chi connectivity index (χ0v) is 17.7. The average Bonchev–Trinajstić information content (AvgIpc) is 3.14. The molecule has 8 heteroatoms. The van der Waals surface area contributed by atoms with Crippen LogP contribution in [0.3, 0.4) is 0 Å². The number of rotatable bonds is 6. The molecule has 1 atom stereocenters. The van der Waals surface area contributed by atoms with Gasteiger partial charge in [0.05, 0.1) is 6.54 Å². The minimum atomic E-state index is -0.304. The summed E-state index contributed by atoms with van der Waals surface area (Å²) in [6.07, 6.45) is 3.63. The first kappa shape index (κ1) is 21.3. The summed E-state index contributed by atoms with van der Waals surface area (Å²) in [4.78, 5) is 16.8. The molecule has 2 fully saturated rings. The van der Waals surface area contributed by atoms with Crippen LogP contribution in [-0.4, -0.2) is 65.3 Å². The third-order valence-corrected chi connectivity index (χ3v) is 5.99. The summed E-state index contributed by atoms with van der Waals surface area (Å²) in [7, 11) is 1.88. The molecular formula is C23H27FN4O3. The van der Waals surface area contributed by atoms with Crippen molar-refractivity contribution in [2.75, 3.05) is 32.8 Å². The first-order valence-electron chi connectivity index (χ1n) is 10.6. The number of aryl methyl sites for hydroxylation is 1. The lowest BCUT2D eigenvalue weighted by Gasteiger charge is -2.42. The van der Waals surface area contributed by atoms with Crippen LogP contribution in [0, 0.1) is 17.1 Å². The van der Waals surface area contributed by atoms with Gasteiger partial charge >= 0.3 is 0 Å². The first-order chi connectivity index (χ1) is 15.0. The van der Waals surface area contributed by atoms with Crippen molar-refractivity contribution in [3.05, 3.63) is 53.6 Å². The van der Waals surface area contributed by atoms with Gasteiger partial charge in [0.2, 0.25) is 5.91 Å². The lowest BCUT2D eigenvalue weighted by Crippen LogP contribution is -2.55. The van der Waals surface area contributed by atoms with Crippen molar-refractivity contribution in [2.24, 2.45) is 7.05 Å². The van der Waals surface area contributed by atoms with Crippen LogP contribution in [0.4, 0.5) is 4.39 Å². The molecule has 0 radical (unpaired) electrons. The highest BCUT2D eigenvalue weighted by Crippen LogP contribution is 2.22. The molecule has 1 aromatic carbocycles. The zero-order chi connectivity index (χ0) is 21.8. The maximum absolute atomic E-state index is 13.0. The van der Waals surface area contributed by atoms with Gasteiger partial charge in [-0.15, -0.1) is 0 Å². The van der Waals surface area contributed by atoms with Crippen molar-refractivity contribution in [2.45, 2.75) is 31.5 Å². The van der Waals surface area contributed by atoms with E-state index < -0.39 is 0 Å². The second-order valence-corrected chi connectivity index (χ2v) is 8.21. The maximum Gasteiger partial charge on any atom is 0.248 e. The van der Waals surface area contributed by atoms with E-state index >= 15 is 0 Å². The summed E-state index contributed by atoms with van der Waals surface area (Å²) in [6, 6.07) is 10.2. The van der Waals surface area contributed by atoms with E-state index in [9.17, 15) is 9.18 Å². The van der Waals surface area contributed by atoms with Crippen LogP contribution in [0.5, 0.6) is 5.75 Å². The molecule has 164 valence electrons. The molecule has 0 bridgehead atoms. The number of halogens is 1. The number of nitriles is 1. The van der Waals surface area contributed by atoms with E-state index in [1.54, 1.807) is 12.1 Å². The summed E-state index contributed by atoms with van der Waals surface area (Å²) in [5.74, 6) is 0.308. The van der Waals surface area contributed by atoms with Crippen molar-refractivity contribution < 1.29 is 18.7 Å². The Morgan fingerprint density at radius 1 is 1.26 bits per heavy atom. The van der Waals surface area contributed by atoms with Gasteiger partial charge in [0.15, 0.2) is 0 Å². The molecule has 7 nitrogen and oxygen atoms in total. The average molecular weight is 426 g/mol. The van der Waals surface area contributed by atoms with Gasteiger partial charge in [-0.1, -0.05) is 0 Å². The van der Waals surface area contributed by atoms with Crippen LogP contribution in [-0.2, 0) is 23.1 Å². The van der Waals surface area contributed by atoms with Crippen molar-refractivity contribution in [1.82, 2.24) is 14.4 Å². The van der Waals surface area contributed by atoms with E-state index in [2.05, 4.69) is 11.0 Å². The predicted octanol–water partition coefficient (Wildman–Crippen LogP) is 2.31. The number of hydrogen-bond acceptors (Lipinski definition) is 5. The maximum atomic E-state index is 13.0. The predicted molar refractivity (Wildman–Crippen MR) is 112 cm³/mol. The van der Waals surface area contributed by atoms with Gasteiger partial charge in [-0.3, -0.25) is 9.69 Å². The van der Waals surface area contributed by atoms with Gasteiger partial charge in [-0.2, -0.15) is 5.26 Å². The second kappa shape index (κ2) is 9.50. The van der Waals surface area contributed by atoms with Crippen LogP contribution in [0.25, 0.3) is 0 Å². The summed E-state index contributed by atoms with van der Waals surface area (Å²) >= 11 is 0. The van der Waals surface area contributed by atoms with Crippen molar-refractivity contribution in [3.8, 4) is 11.8 Å². The number of morpholine rings is 1. The summed E-state index contributed by atoms with van der Waals surface area (Å²) in [5.41, 5.74) is 1.80. The number of piperidine rings is 1. The van der Waals surface area contributed by atoms with E-state index in [0.29, 0.717) is 24.6 Å². The molecule has 0 aliphatic carbocycles. The van der Waals surface area contributed by atoms with E-state index in [0.717, 1.165) is 38.0 Å². The smallest absolute Gasteiger partial charge is 0.248 e. The molecule has 0 spiro atoms. The third-order valence-electron chi connectivity index (χ3n) is 5.99. The Labute approximate surface area is 181 Å². The highest BCUT2D eigenvalue weighted by atomic mass is 19.1. The molecule has 2 saturated heterocycles. The minimum Gasteiger partial charge on any atom is -0.491 e. The number of nitrogens with zero attached hydrogens (tertiary/aromatic N) is 4. The van der Waals surface area contributed by atoms with Crippen LogP contribution in [0.2, 0.25) is 0 Å². The monoisotopic (exact) mass is 426 g/mol. The Morgan fingerprint density at radius 3 is 2.68 bits per heavy atom. The number of hydrogen-bond donors (Lipinski definition) is 0. The molecule has 2 aromatic rings. The SMILES string of the molecule is Cn1cc(CN2CCC(N3C[C@@H](COc4ccc(F)cc4)OCC3=O)CC2)cc1C#N. The Bertz CT molecular complexity index is 945. The summed E-state index contributed by atoms with van der Waals surface area (Å²) in [5, 5.41) is 9.12. The lowest BCUT2D eigenvalue weighted by atomic mass is 10.0. The van der Waals surface area contributed by atoms with Crippen molar-refractivity contribution in [1.29, 1.82) is 5.26 Å². The Kier molecular flexibility index (Phi) is 6.54.